The van der Waals surface area contributed by atoms with Gasteiger partial charge in [0.1, 0.15) is 0 Å². The molecule has 4 heteroatoms. The third-order valence-electron chi connectivity index (χ3n) is 6.30. The van der Waals surface area contributed by atoms with Gasteiger partial charge in [0.2, 0.25) is 0 Å². The second-order valence-electron chi connectivity index (χ2n) is 8.36. The summed E-state index contributed by atoms with van der Waals surface area (Å²) < 4.78 is 0. The van der Waals surface area contributed by atoms with E-state index in [9.17, 15) is 0 Å². The van der Waals surface area contributed by atoms with Gasteiger partial charge in [-0.1, -0.05) is 49.9 Å². The molecule has 1 aromatic heterocycles. The van der Waals surface area contributed by atoms with Crippen LogP contribution < -0.4 is 5.32 Å². The van der Waals surface area contributed by atoms with Crippen molar-refractivity contribution in [3.63, 3.8) is 0 Å². The molecule has 1 fully saturated rings. The van der Waals surface area contributed by atoms with Crippen molar-refractivity contribution in [2.75, 3.05) is 5.32 Å². The molecule has 2 N–H and O–H groups in total. The van der Waals surface area contributed by atoms with Gasteiger partial charge in [-0.15, -0.1) is 0 Å². The molecule has 1 heterocycles. The topological polar surface area (TPSA) is 31.1 Å². The van der Waals surface area contributed by atoms with Crippen molar-refractivity contribution in [1.29, 1.82) is 0 Å². The number of H-pyrrole nitrogens is 1. The third-order valence-corrected chi connectivity index (χ3v) is 6.64. The Morgan fingerprint density at radius 3 is 2.55 bits per heavy atom. The Bertz CT molecular complexity index is 983. The van der Waals surface area contributed by atoms with Crippen LogP contribution in [0.3, 0.4) is 0 Å². The Hall–Kier alpha value is -2.33. The number of rotatable bonds is 4. The van der Waals surface area contributed by atoms with Crippen LogP contribution in [-0.4, -0.2) is 21.0 Å². The Morgan fingerprint density at radius 2 is 1.79 bits per heavy atom. The van der Waals surface area contributed by atoms with E-state index in [-0.39, 0.29) is 0 Å². The van der Waals surface area contributed by atoms with Crippen LogP contribution in [0.4, 0.5) is 5.69 Å². The van der Waals surface area contributed by atoms with E-state index < -0.39 is 0 Å². The van der Waals surface area contributed by atoms with Crippen LogP contribution >= 0.6 is 12.2 Å². The first-order valence-corrected chi connectivity index (χ1v) is 11.2. The van der Waals surface area contributed by atoms with E-state index in [1.54, 1.807) is 0 Å². The molecule has 0 atom stereocenters. The molecule has 0 aliphatic heterocycles. The SMILES string of the molecule is Cc1ccc(NC(=S)N(Cc2c[nH]c3ccccc23)C2CCCCCC2)cc1C. The number of nitrogens with one attached hydrogen (secondary N) is 2. The summed E-state index contributed by atoms with van der Waals surface area (Å²) in [7, 11) is 0. The highest BCUT2D eigenvalue weighted by molar-refractivity contribution is 7.80. The molecule has 4 rings (SSSR count). The molecule has 0 unspecified atom stereocenters. The van der Waals surface area contributed by atoms with Gasteiger partial charge >= 0.3 is 0 Å². The van der Waals surface area contributed by atoms with E-state index >= 15 is 0 Å². The zero-order valence-electron chi connectivity index (χ0n) is 17.5. The molecule has 2 aromatic carbocycles. The predicted octanol–water partition coefficient (Wildman–Crippen LogP) is 6.71. The average molecular weight is 406 g/mol. The molecule has 3 aromatic rings. The highest BCUT2D eigenvalue weighted by Gasteiger charge is 2.24. The molecule has 3 nitrogen and oxygen atoms in total. The molecule has 0 amide bonds. The number of para-hydroxylation sites is 1. The molecule has 1 saturated carbocycles. The van der Waals surface area contributed by atoms with E-state index in [1.165, 1.54) is 66.1 Å². The summed E-state index contributed by atoms with van der Waals surface area (Å²) in [6, 6.07) is 15.5. The number of aryl methyl sites for hydroxylation is 2. The van der Waals surface area contributed by atoms with Crippen LogP contribution in [-0.2, 0) is 6.54 Å². The van der Waals surface area contributed by atoms with E-state index in [0.717, 1.165) is 17.3 Å². The van der Waals surface area contributed by atoms with Gasteiger partial charge in [0.05, 0.1) is 0 Å². The molecular weight excluding hydrogens is 374 g/mol. The Labute approximate surface area is 179 Å². The molecule has 0 bridgehead atoms. The van der Waals surface area contributed by atoms with Crippen molar-refractivity contribution in [3.8, 4) is 0 Å². The minimum absolute atomic E-state index is 0.498. The average Bonchev–Trinajstić information content (AvgIpc) is 2.93. The fraction of sp³-hybridized carbons (Fsp3) is 0.400. The van der Waals surface area contributed by atoms with Crippen LogP contribution in [0, 0.1) is 13.8 Å². The van der Waals surface area contributed by atoms with Gasteiger partial charge in [-0.25, -0.2) is 0 Å². The van der Waals surface area contributed by atoms with Gasteiger partial charge in [-0.05, 0) is 73.8 Å². The van der Waals surface area contributed by atoms with Gasteiger partial charge in [-0.3, -0.25) is 0 Å². The summed E-state index contributed by atoms with van der Waals surface area (Å²) in [5, 5.41) is 5.67. The van der Waals surface area contributed by atoms with Gasteiger partial charge < -0.3 is 15.2 Å². The van der Waals surface area contributed by atoms with Crippen LogP contribution in [0.5, 0.6) is 0 Å². The number of hydrogen-bond donors (Lipinski definition) is 2. The predicted molar refractivity (Wildman–Crippen MR) is 127 cm³/mol. The first kappa shape index (κ1) is 20.0. The first-order valence-electron chi connectivity index (χ1n) is 10.8. The van der Waals surface area contributed by atoms with Crippen LogP contribution in [0.25, 0.3) is 10.9 Å². The lowest BCUT2D eigenvalue weighted by molar-refractivity contribution is 0.281. The molecule has 152 valence electrons. The van der Waals surface area contributed by atoms with Gasteiger partial charge in [0.15, 0.2) is 5.11 Å². The number of nitrogens with zero attached hydrogens (tertiary/aromatic N) is 1. The summed E-state index contributed by atoms with van der Waals surface area (Å²) in [6.07, 6.45) is 9.85. The zero-order chi connectivity index (χ0) is 20.2. The normalized spacial score (nSPS) is 15.2. The Morgan fingerprint density at radius 1 is 1.03 bits per heavy atom. The fourth-order valence-corrected chi connectivity index (χ4v) is 4.73. The molecule has 1 aliphatic carbocycles. The highest BCUT2D eigenvalue weighted by Crippen LogP contribution is 2.27. The summed E-state index contributed by atoms with van der Waals surface area (Å²) in [6.45, 7) is 5.14. The van der Waals surface area contributed by atoms with Crippen molar-refractivity contribution in [2.24, 2.45) is 0 Å². The lowest BCUT2D eigenvalue weighted by Gasteiger charge is -2.34. The smallest absolute Gasteiger partial charge is 0.173 e. The summed E-state index contributed by atoms with van der Waals surface area (Å²) in [5.41, 5.74) is 6.18. The summed E-state index contributed by atoms with van der Waals surface area (Å²) in [4.78, 5) is 5.86. The minimum atomic E-state index is 0.498. The van der Waals surface area contributed by atoms with E-state index in [2.05, 4.69) is 77.7 Å². The van der Waals surface area contributed by atoms with Crippen molar-refractivity contribution < 1.29 is 0 Å². The van der Waals surface area contributed by atoms with Crippen LogP contribution in [0.15, 0.2) is 48.7 Å². The van der Waals surface area contributed by atoms with E-state index in [0.29, 0.717) is 6.04 Å². The lowest BCUT2D eigenvalue weighted by Crippen LogP contribution is -2.42. The van der Waals surface area contributed by atoms with Crippen molar-refractivity contribution in [3.05, 3.63) is 65.4 Å². The van der Waals surface area contributed by atoms with Crippen molar-refractivity contribution in [1.82, 2.24) is 9.88 Å². The van der Waals surface area contributed by atoms with E-state index in [4.69, 9.17) is 12.2 Å². The van der Waals surface area contributed by atoms with Crippen LogP contribution in [0.2, 0.25) is 0 Å². The Balaban J connectivity index is 1.60. The fourth-order valence-electron chi connectivity index (χ4n) is 4.40. The number of hydrogen-bond acceptors (Lipinski definition) is 1. The second kappa shape index (κ2) is 9.00. The number of aromatic nitrogens is 1. The van der Waals surface area contributed by atoms with Crippen molar-refractivity contribution >= 4 is 33.9 Å². The Kier molecular flexibility index (Phi) is 6.19. The maximum atomic E-state index is 5.96. The summed E-state index contributed by atoms with van der Waals surface area (Å²) in [5.74, 6) is 0. The third kappa shape index (κ3) is 4.64. The number of benzene rings is 2. The molecule has 0 spiro atoms. The number of thiocarbonyl (C=S) groups is 1. The number of anilines is 1. The summed E-state index contributed by atoms with van der Waals surface area (Å²) >= 11 is 5.96. The maximum Gasteiger partial charge on any atom is 0.173 e. The molecule has 1 aliphatic rings. The van der Waals surface area contributed by atoms with Gasteiger partial charge in [-0.2, -0.15) is 0 Å². The molecule has 29 heavy (non-hydrogen) atoms. The maximum absolute atomic E-state index is 5.96. The highest BCUT2D eigenvalue weighted by atomic mass is 32.1. The van der Waals surface area contributed by atoms with Crippen molar-refractivity contribution in [2.45, 2.75) is 65.0 Å². The first-order chi connectivity index (χ1) is 14.1. The molecular formula is C25H31N3S. The zero-order valence-corrected chi connectivity index (χ0v) is 18.3. The van der Waals surface area contributed by atoms with Gasteiger partial charge in [0.25, 0.3) is 0 Å². The van der Waals surface area contributed by atoms with E-state index in [1.807, 2.05) is 0 Å². The number of fused-ring (bicyclic) bond motifs is 1. The monoisotopic (exact) mass is 405 g/mol. The quantitative estimate of drug-likeness (QED) is 0.374. The second-order valence-corrected chi connectivity index (χ2v) is 8.75. The standard InChI is InChI=1S/C25H31N3S/c1-18-13-14-21(15-19(18)2)27-25(29)28(22-9-5-3-4-6-10-22)17-20-16-26-24-12-8-7-11-23(20)24/h7-8,11-16,22,26H,3-6,9-10,17H2,1-2H3,(H,27,29). The van der Waals surface area contributed by atoms with Crippen LogP contribution in [0.1, 0.15) is 55.2 Å². The molecule has 0 radical (unpaired) electrons. The molecule has 0 saturated heterocycles. The minimum Gasteiger partial charge on any atom is -0.361 e. The van der Waals surface area contributed by atoms with Gasteiger partial charge in [0, 0.05) is 35.4 Å². The largest absolute Gasteiger partial charge is 0.361 e. The number of aromatic amines is 1. The lowest BCUT2D eigenvalue weighted by atomic mass is 10.1.